The first-order valence-electron chi connectivity index (χ1n) is 9.58. The van der Waals surface area contributed by atoms with Gasteiger partial charge < -0.3 is 14.4 Å². The minimum atomic E-state index is 0.483. The Balaban J connectivity index is 1.30. The first kappa shape index (κ1) is 20.0. The second kappa shape index (κ2) is 9.45. The normalized spacial score (nSPS) is 14.8. The van der Waals surface area contributed by atoms with Gasteiger partial charge in [0.25, 0.3) is 0 Å². The lowest BCUT2D eigenvalue weighted by Gasteiger charge is -2.31. The third kappa shape index (κ3) is 5.00. The molecule has 4 rings (SSSR count). The number of piperidine rings is 1. The third-order valence-electron chi connectivity index (χ3n) is 4.97. The van der Waals surface area contributed by atoms with Crippen molar-refractivity contribution in [1.82, 2.24) is 15.0 Å². The lowest BCUT2D eigenvalue weighted by atomic mass is 9.98. The van der Waals surface area contributed by atoms with Crippen LogP contribution in [-0.4, -0.2) is 41.4 Å². The van der Waals surface area contributed by atoms with Crippen LogP contribution in [0.15, 0.2) is 46.8 Å². The monoisotopic (exact) mass is 428 g/mol. The van der Waals surface area contributed by atoms with E-state index in [2.05, 4.69) is 38.6 Å². The second-order valence-electron chi connectivity index (χ2n) is 6.80. The molecule has 1 saturated heterocycles. The molecule has 0 aliphatic carbocycles. The van der Waals surface area contributed by atoms with E-state index >= 15 is 0 Å². The maximum absolute atomic E-state index is 5.89. The van der Waals surface area contributed by atoms with Gasteiger partial charge in [-0.2, -0.15) is 4.98 Å². The molecule has 0 saturated carbocycles. The summed E-state index contributed by atoms with van der Waals surface area (Å²) in [6.07, 6.45) is 5.91. The predicted octanol–water partition coefficient (Wildman–Crippen LogP) is 4.63. The Bertz CT molecular complexity index is 924. The van der Waals surface area contributed by atoms with Crippen molar-refractivity contribution in [2.24, 2.45) is 0 Å². The molecule has 0 radical (unpaired) electrons. The second-order valence-corrected chi connectivity index (χ2v) is 8.57. The van der Waals surface area contributed by atoms with Crippen molar-refractivity contribution in [3.63, 3.8) is 0 Å². The lowest BCUT2D eigenvalue weighted by molar-refractivity contribution is 0.301. The van der Waals surface area contributed by atoms with Crippen LogP contribution in [0.2, 0.25) is 0 Å². The maximum atomic E-state index is 5.89. The number of thiazole rings is 1. The molecule has 1 aliphatic rings. The van der Waals surface area contributed by atoms with Crippen LogP contribution in [0.25, 0.3) is 0 Å². The Morgan fingerprint density at radius 3 is 2.66 bits per heavy atom. The number of thioether (sulfide) groups is 1. The Kier molecular flexibility index (Phi) is 6.51. The quantitative estimate of drug-likeness (QED) is 0.509. The molecule has 2 aromatic heterocycles. The van der Waals surface area contributed by atoms with E-state index in [1.807, 2.05) is 12.1 Å². The molecule has 0 N–H and O–H groups in total. The van der Waals surface area contributed by atoms with Crippen LogP contribution < -0.4 is 14.4 Å². The highest BCUT2D eigenvalue weighted by Crippen LogP contribution is 2.32. The molecule has 8 heteroatoms. The van der Waals surface area contributed by atoms with Crippen LogP contribution in [0.4, 0.5) is 5.95 Å². The number of ether oxygens (including phenoxy) is 2. The van der Waals surface area contributed by atoms with Crippen LogP contribution in [0, 0.1) is 0 Å². The third-order valence-corrected chi connectivity index (χ3v) is 6.77. The fourth-order valence-corrected chi connectivity index (χ4v) is 4.71. The SMILES string of the molecule is COc1ccnc(N2CCC(c3nc(COc4ccc(SC)cc4)cs3)CC2)n1. The van der Waals surface area contributed by atoms with Gasteiger partial charge in [-0.05, 0) is 43.4 Å². The van der Waals surface area contributed by atoms with E-state index in [1.165, 1.54) is 9.90 Å². The van der Waals surface area contributed by atoms with Gasteiger partial charge in [0, 0.05) is 41.5 Å². The van der Waals surface area contributed by atoms with E-state index in [-0.39, 0.29) is 0 Å². The van der Waals surface area contributed by atoms with Gasteiger partial charge in [0.15, 0.2) is 0 Å². The number of anilines is 1. The number of rotatable bonds is 7. The molecular weight excluding hydrogens is 404 g/mol. The minimum absolute atomic E-state index is 0.483. The van der Waals surface area contributed by atoms with Crippen LogP contribution in [-0.2, 0) is 6.61 Å². The Labute approximate surface area is 179 Å². The molecule has 0 spiro atoms. The van der Waals surface area contributed by atoms with Crippen molar-refractivity contribution < 1.29 is 9.47 Å². The largest absolute Gasteiger partial charge is 0.487 e. The summed E-state index contributed by atoms with van der Waals surface area (Å²) in [4.78, 5) is 17.1. The summed E-state index contributed by atoms with van der Waals surface area (Å²) in [5.74, 6) is 2.70. The van der Waals surface area contributed by atoms with E-state index in [9.17, 15) is 0 Å². The molecule has 152 valence electrons. The average molecular weight is 429 g/mol. The van der Waals surface area contributed by atoms with E-state index in [0.717, 1.165) is 43.3 Å². The standard InChI is InChI=1S/C21H24N4O2S2/c1-26-19-7-10-22-21(24-19)25-11-8-15(9-12-25)20-23-16(14-29-20)13-27-17-3-5-18(28-2)6-4-17/h3-7,10,14-15H,8-9,11-13H2,1-2H3. The molecule has 6 nitrogen and oxygen atoms in total. The summed E-state index contributed by atoms with van der Waals surface area (Å²) in [7, 11) is 1.63. The lowest BCUT2D eigenvalue weighted by Crippen LogP contribution is -2.34. The highest BCUT2D eigenvalue weighted by Gasteiger charge is 2.24. The van der Waals surface area contributed by atoms with Gasteiger partial charge in [0.1, 0.15) is 12.4 Å². The molecule has 1 fully saturated rings. The summed E-state index contributed by atoms with van der Waals surface area (Å²) in [6.45, 7) is 2.35. The molecule has 0 atom stereocenters. The average Bonchev–Trinajstić information content (AvgIpc) is 3.27. The summed E-state index contributed by atoms with van der Waals surface area (Å²) >= 11 is 3.46. The molecule has 29 heavy (non-hydrogen) atoms. The zero-order valence-corrected chi connectivity index (χ0v) is 18.2. The molecule has 1 aromatic carbocycles. The zero-order chi connectivity index (χ0) is 20.1. The van der Waals surface area contributed by atoms with Crippen molar-refractivity contribution in [1.29, 1.82) is 0 Å². The van der Waals surface area contributed by atoms with Crippen molar-refractivity contribution in [2.75, 3.05) is 31.4 Å². The number of hydrogen-bond acceptors (Lipinski definition) is 8. The van der Waals surface area contributed by atoms with Gasteiger partial charge in [0.2, 0.25) is 11.8 Å². The number of nitrogens with zero attached hydrogens (tertiary/aromatic N) is 4. The number of benzene rings is 1. The highest BCUT2D eigenvalue weighted by molar-refractivity contribution is 7.98. The van der Waals surface area contributed by atoms with Gasteiger partial charge in [-0.15, -0.1) is 23.1 Å². The molecule has 0 unspecified atom stereocenters. The molecular formula is C21H24N4O2S2. The number of aromatic nitrogens is 3. The predicted molar refractivity (Wildman–Crippen MR) is 117 cm³/mol. The molecule has 3 heterocycles. The van der Waals surface area contributed by atoms with Crippen molar-refractivity contribution in [3.05, 3.63) is 52.6 Å². The van der Waals surface area contributed by atoms with Crippen LogP contribution in [0.3, 0.4) is 0 Å². The fraction of sp³-hybridized carbons (Fsp3) is 0.381. The van der Waals surface area contributed by atoms with Gasteiger partial charge in [-0.25, -0.2) is 9.97 Å². The van der Waals surface area contributed by atoms with Crippen molar-refractivity contribution in [3.8, 4) is 11.6 Å². The summed E-state index contributed by atoms with van der Waals surface area (Å²) in [6, 6.07) is 9.94. The van der Waals surface area contributed by atoms with Gasteiger partial charge in [-0.3, -0.25) is 0 Å². The fourth-order valence-electron chi connectivity index (χ4n) is 3.33. The van der Waals surface area contributed by atoms with Gasteiger partial charge in [0.05, 0.1) is 17.8 Å². The zero-order valence-electron chi connectivity index (χ0n) is 16.6. The first-order chi connectivity index (χ1) is 14.2. The topological polar surface area (TPSA) is 60.4 Å². The van der Waals surface area contributed by atoms with Gasteiger partial charge >= 0.3 is 0 Å². The van der Waals surface area contributed by atoms with E-state index in [1.54, 1.807) is 42.5 Å². The van der Waals surface area contributed by atoms with Crippen molar-refractivity contribution >= 4 is 29.0 Å². The first-order valence-corrected chi connectivity index (χ1v) is 11.7. The van der Waals surface area contributed by atoms with E-state index < -0.39 is 0 Å². The molecule has 0 bridgehead atoms. The molecule has 0 amide bonds. The number of methoxy groups -OCH3 is 1. The molecule has 3 aromatic rings. The van der Waals surface area contributed by atoms with Crippen LogP contribution in [0.1, 0.15) is 29.5 Å². The molecule has 1 aliphatic heterocycles. The summed E-state index contributed by atoms with van der Waals surface area (Å²) in [5, 5.41) is 3.32. The van der Waals surface area contributed by atoms with Gasteiger partial charge in [-0.1, -0.05) is 0 Å². The Hall–Kier alpha value is -2.32. The summed E-state index contributed by atoms with van der Waals surface area (Å²) < 4.78 is 11.1. The van der Waals surface area contributed by atoms with Crippen LogP contribution in [0.5, 0.6) is 11.6 Å². The van der Waals surface area contributed by atoms with Crippen LogP contribution >= 0.6 is 23.1 Å². The van der Waals surface area contributed by atoms with E-state index in [4.69, 9.17) is 14.5 Å². The smallest absolute Gasteiger partial charge is 0.228 e. The highest BCUT2D eigenvalue weighted by atomic mass is 32.2. The van der Waals surface area contributed by atoms with Crippen molar-refractivity contribution in [2.45, 2.75) is 30.3 Å². The Morgan fingerprint density at radius 1 is 1.14 bits per heavy atom. The Morgan fingerprint density at radius 2 is 1.93 bits per heavy atom. The minimum Gasteiger partial charge on any atom is -0.487 e. The number of hydrogen-bond donors (Lipinski definition) is 0. The van der Waals surface area contributed by atoms with E-state index in [0.29, 0.717) is 18.4 Å². The maximum Gasteiger partial charge on any atom is 0.228 e. The summed E-state index contributed by atoms with van der Waals surface area (Å²) in [5.41, 5.74) is 0.998.